The molecule has 0 spiro atoms. The number of hydrogen-bond acceptors (Lipinski definition) is 3. The van der Waals surface area contributed by atoms with Crippen LogP contribution in [-0.2, 0) is 6.54 Å². The van der Waals surface area contributed by atoms with E-state index in [1.54, 1.807) is 0 Å². The fraction of sp³-hybridized carbons (Fsp3) is 0.294. The third kappa shape index (κ3) is 2.92. The van der Waals surface area contributed by atoms with Crippen LogP contribution in [0.5, 0.6) is 0 Å². The van der Waals surface area contributed by atoms with Crippen LogP contribution in [0.2, 0.25) is 5.02 Å². The van der Waals surface area contributed by atoms with Crippen LogP contribution in [0.3, 0.4) is 0 Å². The van der Waals surface area contributed by atoms with E-state index in [9.17, 15) is 0 Å². The van der Waals surface area contributed by atoms with Gasteiger partial charge in [-0.3, -0.25) is 0 Å². The monoisotopic (exact) mass is 315 g/mol. The van der Waals surface area contributed by atoms with Crippen LogP contribution in [0.1, 0.15) is 37.0 Å². The lowest BCUT2D eigenvalue weighted by atomic mass is 10.2. The third-order valence-corrected chi connectivity index (χ3v) is 3.78. The van der Waals surface area contributed by atoms with Crippen molar-refractivity contribution in [3.63, 3.8) is 0 Å². The second-order valence-electron chi connectivity index (χ2n) is 5.60. The topological polar surface area (TPSA) is 43.9 Å². The second kappa shape index (κ2) is 5.97. The second-order valence-corrected chi connectivity index (χ2v) is 6.04. The molecule has 0 unspecified atom stereocenters. The smallest absolute Gasteiger partial charge is 0.226 e. The molecule has 0 atom stereocenters. The van der Waals surface area contributed by atoms with E-state index in [2.05, 4.69) is 28.4 Å². The van der Waals surface area contributed by atoms with Crippen molar-refractivity contribution < 1.29 is 4.42 Å². The molecule has 3 rings (SSSR count). The molecule has 0 saturated heterocycles. The molecule has 0 amide bonds. The Kier molecular flexibility index (Phi) is 4.03. The maximum absolute atomic E-state index is 6.03. The number of hydrogen-bond donors (Lipinski definition) is 0. The quantitative estimate of drug-likeness (QED) is 0.702. The maximum Gasteiger partial charge on any atom is 0.226 e. The number of halogens is 1. The van der Waals surface area contributed by atoms with Crippen molar-refractivity contribution in [2.24, 2.45) is 0 Å². The van der Waals surface area contributed by atoms with Gasteiger partial charge in [-0.15, -0.1) is 0 Å². The molecule has 114 valence electrons. The summed E-state index contributed by atoms with van der Waals surface area (Å²) < 4.78 is 7.91. The van der Waals surface area contributed by atoms with Crippen LogP contribution in [0.15, 0.2) is 41.1 Å². The molecular formula is C17H18ClN3O. The van der Waals surface area contributed by atoms with Gasteiger partial charge >= 0.3 is 0 Å². The van der Waals surface area contributed by atoms with Gasteiger partial charge < -0.3 is 8.98 Å². The summed E-state index contributed by atoms with van der Waals surface area (Å²) in [5.74, 6) is 2.83. The Morgan fingerprint density at radius 2 is 2.14 bits per heavy atom. The molecule has 4 nitrogen and oxygen atoms in total. The summed E-state index contributed by atoms with van der Waals surface area (Å²) in [5, 5.41) is 0.673. The number of oxazole rings is 1. The van der Waals surface area contributed by atoms with Gasteiger partial charge in [0.1, 0.15) is 17.3 Å². The zero-order valence-corrected chi connectivity index (χ0v) is 13.6. The number of aryl methyl sites for hydroxylation is 1. The standard InChI is InChI=1S/C17H18ClN3O/c1-11(2)16-19-7-8-21(16)10-15-12(3)22-17(20-15)13-5-4-6-14(18)9-13/h4-9,11H,10H2,1-3H3. The normalized spacial score (nSPS) is 11.3. The van der Waals surface area contributed by atoms with Crippen molar-refractivity contribution in [2.75, 3.05) is 0 Å². The summed E-state index contributed by atoms with van der Waals surface area (Å²) in [7, 11) is 0. The largest absolute Gasteiger partial charge is 0.441 e. The average molecular weight is 316 g/mol. The number of nitrogens with zero attached hydrogens (tertiary/aromatic N) is 3. The van der Waals surface area contributed by atoms with Gasteiger partial charge in [0.15, 0.2) is 0 Å². The van der Waals surface area contributed by atoms with Crippen LogP contribution in [0.25, 0.3) is 11.5 Å². The van der Waals surface area contributed by atoms with E-state index in [0.29, 0.717) is 23.4 Å². The van der Waals surface area contributed by atoms with E-state index >= 15 is 0 Å². The van der Waals surface area contributed by atoms with Gasteiger partial charge in [-0.1, -0.05) is 31.5 Å². The zero-order valence-electron chi connectivity index (χ0n) is 12.9. The minimum absolute atomic E-state index is 0.370. The van der Waals surface area contributed by atoms with E-state index in [4.69, 9.17) is 16.0 Å². The molecule has 0 aliphatic heterocycles. The molecule has 0 bridgehead atoms. The number of rotatable bonds is 4. The Balaban J connectivity index is 1.91. The first-order chi connectivity index (χ1) is 10.5. The molecule has 0 N–H and O–H groups in total. The Morgan fingerprint density at radius 1 is 1.32 bits per heavy atom. The minimum Gasteiger partial charge on any atom is -0.441 e. The van der Waals surface area contributed by atoms with Crippen LogP contribution in [0, 0.1) is 6.92 Å². The van der Waals surface area contributed by atoms with Crippen molar-refractivity contribution in [2.45, 2.75) is 33.2 Å². The van der Waals surface area contributed by atoms with E-state index in [1.165, 1.54) is 0 Å². The van der Waals surface area contributed by atoms with Gasteiger partial charge in [-0.05, 0) is 25.1 Å². The number of benzene rings is 1. The van der Waals surface area contributed by atoms with Crippen molar-refractivity contribution in [1.29, 1.82) is 0 Å². The van der Waals surface area contributed by atoms with Gasteiger partial charge in [-0.2, -0.15) is 0 Å². The van der Waals surface area contributed by atoms with Crippen molar-refractivity contribution >= 4 is 11.6 Å². The molecule has 0 saturated carbocycles. The minimum atomic E-state index is 0.370. The van der Waals surface area contributed by atoms with Crippen LogP contribution < -0.4 is 0 Å². The SMILES string of the molecule is Cc1oc(-c2cccc(Cl)c2)nc1Cn1ccnc1C(C)C. The lowest BCUT2D eigenvalue weighted by Gasteiger charge is -2.08. The maximum atomic E-state index is 6.03. The van der Waals surface area contributed by atoms with Gasteiger partial charge in [0.25, 0.3) is 0 Å². The fourth-order valence-corrected chi connectivity index (χ4v) is 2.63. The van der Waals surface area contributed by atoms with Crippen LogP contribution in [0.4, 0.5) is 0 Å². The molecule has 2 heterocycles. The van der Waals surface area contributed by atoms with E-state index in [-0.39, 0.29) is 0 Å². The van der Waals surface area contributed by atoms with Gasteiger partial charge in [-0.25, -0.2) is 9.97 Å². The Hall–Kier alpha value is -2.07. The molecule has 2 aromatic heterocycles. The number of imidazole rings is 1. The van der Waals surface area contributed by atoms with Gasteiger partial charge in [0, 0.05) is 28.9 Å². The summed E-state index contributed by atoms with van der Waals surface area (Å²) in [6, 6.07) is 7.52. The first-order valence-corrected chi connectivity index (χ1v) is 7.65. The number of aromatic nitrogens is 3. The Bertz CT molecular complexity index is 789. The fourth-order valence-electron chi connectivity index (χ4n) is 2.44. The first kappa shape index (κ1) is 14.9. The first-order valence-electron chi connectivity index (χ1n) is 7.28. The molecule has 0 aliphatic rings. The molecule has 0 aliphatic carbocycles. The average Bonchev–Trinajstić information content (AvgIpc) is 3.07. The Morgan fingerprint density at radius 3 is 2.86 bits per heavy atom. The van der Waals surface area contributed by atoms with Gasteiger partial charge in [0.2, 0.25) is 5.89 Å². The summed E-state index contributed by atoms with van der Waals surface area (Å²) in [6.07, 6.45) is 3.80. The summed E-state index contributed by atoms with van der Waals surface area (Å²) in [4.78, 5) is 9.03. The molecule has 0 radical (unpaired) electrons. The highest BCUT2D eigenvalue weighted by Crippen LogP contribution is 2.25. The van der Waals surface area contributed by atoms with Crippen molar-refractivity contribution in [3.8, 4) is 11.5 Å². The zero-order chi connectivity index (χ0) is 15.7. The van der Waals surface area contributed by atoms with Crippen LogP contribution in [-0.4, -0.2) is 14.5 Å². The summed E-state index contributed by atoms with van der Waals surface area (Å²) in [6.45, 7) is 6.85. The molecule has 1 aromatic carbocycles. The molecule has 5 heteroatoms. The van der Waals surface area contributed by atoms with E-state index in [1.807, 2.05) is 43.6 Å². The lowest BCUT2D eigenvalue weighted by Crippen LogP contribution is -2.06. The van der Waals surface area contributed by atoms with Crippen molar-refractivity contribution in [3.05, 3.63) is 59.0 Å². The summed E-state index contributed by atoms with van der Waals surface area (Å²) >= 11 is 6.03. The molecular weight excluding hydrogens is 298 g/mol. The molecule has 22 heavy (non-hydrogen) atoms. The molecule has 3 aromatic rings. The highest BCUT2D eigenvalue weighted by atomic mass is 35.5. The third-order valence-electron chi connectivity index (χ3n) is 3.55. The summed E-state index contributed by atoms with van der Waals surface area (Å²) in [5.41, 5.74) is 1.80. The van der Waals surface area contributed by atoms with E-state index < -0.39 is 0 Å². The Labute approximate surface area is 134 Å². The van der Waals surface area contributed by atoms with Crippen LogP contribution >= 0.6 is 11.6 Å². The van der Waals surface area contributed by atoms with Gasteiger partial charge in [0.05, 0.1) is 6.54 Å². The van der Waals surface area contributed by atoms with Crippen molar-refractivity contribution in [1.82, 2.24) is 14.5 Å². The highest BCUT2D eigenvalue weighted by molar-refractivity contribution is 6.30. The highest BCUT2D eigenvalue weighted by Gasteiger charge is 2.14. The predicted molar refractivity (Wildman–Crippen MR) is 87.1 cm³/mol. The predicted octanol–water partition coefficient (Wildman–Crippen LogP) is 4.67. The molecule has 0 fully saturated rings. The van der Waals surface area contributed by atoms with E-state index in [0.717, 1.165) is 22.8 Å². The lowest BCUT2D eigenvalue weighted by molar-refractivity contribution is 0.536.